The topological polar surface area (TPSA) is 116 Å². The summed E-state index contributed by atoms with van der Waals surface area (Å²) in [6, 6.07) is 1.89. The minimum Gasteiger partial charge on any atom is -0.370 e. The molecule has 1 aromatic rings. The first kappa shape index (κ1) is 17.0. The van der Waals surface area contributed by atoms with E-state index in [1.54, 1.807) is 6.92 Å². The number of rotatable bonds is 4. The summed E-state index contributed by atoms with van der Waals surface area (Å²) in [6.07, 6.45) is -1.81. The van der Waals surface area contributed by atoms with Crippen molar-refractivity contribution >= 4 is 21.7 Å². The molecule has 116 valence electrons. The SMILES string of the molecule is CCc1cc(C(F)F)c(C(=O)N=C(N)N)cc1S(C)(=O)=O. The normalized spacial score (nSPS) is 11.5. The summed E-state index contributed by atoms with van der Waals surface area (Å²) in [5, 5.41) is 0. The van der Waals surface area contributed by atoms with E-state index in [2.05, 4.69) is 4.99 Å². The lowest BCUT2D eigenvalue weighted by Gasteiger charge is -2.12. The van der Waals surface area contributed by atoms with Crippen molar-refractivity contribution in [2.24, 2.45) is 16.5 Å². The zero-order valence-electron chi connectivity index (χ0n) is 11.4. The zero-order valence-corrected chi connectivity index (χ0v) is 12.2. The second-order valence-electron chi connectivity index (χ2n) is 4.32. The Morgan fingerprint density at radius 2 is 1.90 bits per heavy atom. The van der Waals surface area contributed by atoms with Crippen LogP contribution in [0.1, 0.15) is 34.8 Å². The molecule has 0 heterocycles. The van der Waals surface area contributed by atoms with E-state index in [1.807, 2.05) is 0 Å². The minimum atomic E-state index is -3.68. The second kappa shape index (κ2) is 6.17. The molecule has 0 aromatic heterocycles. The number of hydrogen-bond donors (Lipinski definition) is 2. The van der Waals surface area contributed by atoms with E-state index in [0.29, 0.717) is 0 Å². The Labute approximate surface area is 120 Å². The van der Waals surface area contributed by atoms with Crippen molar-refractivity contribution in [1.29, 1.82) is 0 Å². The summed E-state index contributed by atoms with van der Waals surface area (Å²) in [5.41, 5.74) is 9.14. The Balaban J connectivity index is 3.69. The number of carbonyl (C=O) groups is 1. The molecule has 21 heavy (non-hydrogen) atoms. The van der Waals surface area contributed by atoms with Crippen molar-refractivity contribution in [3.63, 3.8) is 0 Å². The predicted octanol–water partition coefficient (Wildman–Crippen LogP) is 1.00. The fraction of sp³-hybridized carbons (Fsp3) is 0.333. The average Bonchev–Trinajstić information content (AvgIpc) is 2.34. The van der Waals surface area contributed by atoms with E-state index in [1.165, 1.54) is 0 Å². The summed E-state index contributed by atoms with van der Waals surface area (Å²) in [7, 11) is -3.68. The average molecular weight is 319 g/mol. The van der Waals surface area contributed by atoms with Gasteiger partial charge in [-0.15, -0.1) is 0 Å². The molecular formula is C12H15F2N3O3S. The Morgan fingerprint density at radius 3 is 2.29 bits per heavy atom. The molecule has 0 radical (unpaired) electrons. The van der Waals surface area contributed by atoms with Crippen LogP contribution in [0.5, 0.6) is 0 Å². The Bertz CT molecular complexity index is 696. The molecule has 9 heteroatoms. The van der Waals surface area contributed by atoms with Gasteiger partial charge in [-0.2, -0.15) is 4.99 Å². The van der Waals surface area contributed by atoms with Crippen molar-refractivity contribution in [3.8, 4) is 0 Å². The van der Waals surface area contributed by atoms with E-state index >= 15 is 0 Å². The molecule has 0 fully saturated rings. The number of alkyl halides is 2. The highest BCUT2D eigenvalue weighted by molar-refractivity contribution is 7.90. The van der Waals surface area contributed by atoms with Crippen LogP contribution in [0, 0.1) is 0 Å². The quantitative estimate of drug-likeness (QED) is 0.634. The van der Waals surface area contributed by atoms with Crippen LogP contribution < -0.4 is 11.5 Å². The summed E-state index contributed by atoms with van der Waals surface area (Å²) < 4.78 is 49.5. The molecule has 0 saturated heterocycles. The number of aliphatic imine (C=N–C) groups is 1. The van der Waals surface area contributed by atoms with Crippen LogP contribution in [-0.4, -0.2) is 26.5 Å². The van der Waals surface area contributed by atoms with Crippen molar-refractivity contribution < 1.29 is 22.0 Å². The first-order chi connectivity index (χ1) is 9.57. The van der Waals surface area contributed by atoms with E-state index in [4.69, 9.17) is 11.5 Å². The molecule has 0 saturated carbocycles. The summed E-state index contributed by atoms with van der Waals surface area (Å²) in [5.74, 6) is -1.71. The number of halogens is 2. The minimum absolute atomic E-state index is 0.191. The Hall–Kier alpha value is -2.03. The van der Waals surface area contributed by atoms with Gasteiger partial charge in [0.15, 0.2) is 15.8 Å². The lowest BCUT2D eigenvalue weighted by atomic mass is 10.0. The van der Waals surface area contributed by atoms with Crippen molar-refractivity contribution in [3.05, 3.63) is 28.8 Å². The number of nitrogens with zero attached hydrogens (tertiary/aromatic N) is 1. The highest BCUT2D eigenvalue weighted by atomic mass is 32.2. The highest BCUT2D eigenvalue weighted by Crippen LogP contribution is 2.29. The van der Waals surface area contributed by atoms with Gasteiger partial charge in [0.25, 0.3) is 12.3 Å². The van der Waals surface area contributed by atoms with Gasteiger partial charge >= 0.3 is 0 Å². The maximum atomic E-state index is 13.1. The van der Waals surface area contributed by atoms with E-state index in [0.717, 1.165) is 18.4 Å². The molecule has 0 aliphatic rings. The zero-order chi connectivity index (χ0) is 16.4. The molecular weight excluding hydrogens is 304 g/mol. The maximum Gasteiger partial charge on any atom is 0.280 e. The largest absolute Gasteiger partial charge is 0.370 e. The van der Waals surface area contributed by atoms with Gasteiger partial charge in [0.1, 0.15) is 0 Å². The third-order valence-electron chi connectivity index (χ3n) is 2.71. The fourth-order valence-corrected chi connectivity index (χ4v) is 2.82. The fourth-order valence-electron chi connectivity index (χ4n) is 1.81. The molecule has 0 aliphatic heterocycles. The van der Waals surface area contributed by atoms with Gasteiger partial charge in [-0.05, 0) is 24.1 Å². The molecule has 0 unspecified atom stereocenters. The van der Waals surface area contributed by atoms with Gasteiger partial charge in [-0.3, -0.25) is 4.79 Å². The Kier molecular flexibility index (Phi) is 5.00. The van der Waals surface area contributed by atoms with Crippen LogP contribution >= 0.6 is 0 Å². The number of guanidine groups is 1. The summed E-state index contributed by atoms with van der Waals surface area (Å²) >= 11 is 0. The van der Waals surface area contributed by atoms with Crippen molar-refractivity contribution in [1.82, 2.24) is 0 Å². The number of carbonyl (C=O) groups excluding carboxylic acids is 1. The van der Waals surface area contributed by atoms with Crippen LogP contribution in [0.15, 0.2) is 22.0 Å². The lowest BCUT2D eigenvalue weighted by Crippen LogP contribution is -2.24. The number of aryl methyl sites for hydroxylation is 1. The van der Waals surface area contributed by atoms with Crippen molar-refractivity contribution in [2.75, 3.05) is 6.26 Å². The van der Waals surface area contributed by atoms with Crippen LogP contribution in [0.4, 0.5) is 8.78 Å². The first-order valence-corrected chi connectivity index (χ1v) is 7.76. The molecule has 0 spiro atoms. The number of sulfone groups is 1. The monoisotopic (exact) mass is 319 g/mol. The molecule has 1 rings (SSSR count). The molecule has 1 aromatic carbocycles. The highest BCUT2D eigenvalue weighted by Gasteiger charge is 2.24. The Morgan fingerprint density at radius 1 is 1.33 bits per heavy atom. The van der Waals surface area contributed by atoms with E-state index < -0.39 is 39.3 Å². The van der Waals surface area contributed by atoms with E-state index in [9.17, 15) is 22.0 Å². The van der Waals surface area contributed by atoms with Gasteiger partial charge < -0.3 is 11.5 Å². The number of nitrogens with two attached hydrogens (primary N) is 2. The molecule has 4 N–H and O–H groups in total. The van der Waals surface area contributed by atoms with Crippen LogP contribution in [-0.2, 0) is 16.3 Å². The van der Waals surface area contributed by atoms with Gasteiger partial charge in [0.2, 0.25) is 0 Å². The maximum absolute atomic E-state index is 13.1. The molecule has 0 aliphatic carbocycles. The number of amides is 1. The summed E-state index contributed by atoms with van der Waals surface area (Å²) in [6.45, 7) is 1.62. The van der Waals surface area contributed by atoms with Gasteiger partial charge in [0, 0.05) is 11.8 Å². The number of hydrogen-bond acceptors (Lipinski definition) is 3. The second-order valence-corrected chi connectivity index (χ2v) is 6.30. The lowest BCUT2D eigenvalue weighted by molar-refractivity contribution is 0.0988. The van der Waals surface area contributed by atoms with Crippen molar-refractivity contribution in [2.45, 2.75) is 24.7 Å². The molecule has 1 amide bonds. The third-order valence-corrected chi connectivity index (χ3v) is 3.89. The molecule has 0 bridgehead atoms. The van der Waals surface area contributed by atoms with Gasteiger partial charge in [-0.25, -0.2) is 17.2 Å². The molecule has 0 atom stereocenters. The van der Waals surface area contributed by atoms with Crippen LogP contribution in [0.25, 0.3) is 0 Å². The number of benzene rings is 1. The van der Waals surface area contributed by atoms with Gasteiger partial charge in [0.05, 0.1) is 10.5 Å². The van der Waals surface area contributed by atoms with Crippen LogP contribution in [0.2, 0.25) is 0 Å². The summed E-state index contributed by atoms with van der Waals surface area (Å²) in [4.78, 5) is 14.8. The smallest absolute Gasteiger partial charge is 0.280 e. The molecule has 6 nitrogen and oxygen atoms in total. The van der Waals surface area contributed by atoms with Gasteiger partial charge in [-0.1, -0.05) is 6.92 Å². The van der Waals surface area contributed by atoms with Crippen LogP contribution in [0.3, 0.4) is 0 Å². The van der Waals surface area contributed by atoms with E-state index in [-0.39, 0.29) is 16.9 Å². The first-order valence-electron chi connectivity index (χ1n) is 5.86. The standard InChI is InChI=1S/C12H15F2N3O3S/c1-3-6-4-7(10(13)14)8(11(18)17-12(15)16)5-9(6)21(2,19)20/h4-5,10H,3H2,1-2H3,(H4,15,16,17,18). The third kappa shape index (κ3) is 3.97. The predicted molar refractivity (Wildman–Crippen MR) is 74.0 cm³/mol.